The number of aromatic amines is 1. The van der Waals surface area contributed by atoms with E-state index in [1.165, 1.54) is 0 Å². The van der Waals surface area contributed by atoms with E-state index in [1.807, 2.05) is 4.98 Å². The molecule has 0 aliphatic heterocycles. The van der Waals surface area contributed by atoms with Crippen molar-refractivity contribution in [2.24, 2.45) is 0 Å². The number of ether oxygens (including phenoxy) is 1. The number of esters is 1. The fourth-order valence-corrected chi connectivity index (χ4v) is 1.39. The molecular formula is C10H8F5NO3. The van der Waals surface area contributed by atoms with Gasteiger partial charge < -0.3 is 9.72 Å². The molecular weight excluding hydrogens is 277 g/mol. The summed E-state index contributed by atoms with van der Waals surface area (Å²) in [4.78, 5) is 24.2. The molecule has 19 heavy (non-hydrogen) atoms. The maximum Gasteiger partial charge on any atom is 0.421 e. The van der Waals surface area contributed by atoms with Crippen LogP contribution >= 0.6 is 0 Å². The molecule has 1 aromatic heterocycles. The quantitative estimate of drug-likeness (QED) is 0.683. The number of pyridine rings is 1. The standard InChI is InChI=1S/C10H8F5NO3/c1-19-6(17)2-5-7(9(11)12)8(18)4(3-16-5)10(13,14)15/h3,9H,2H2,1H3,(H,16,18). The highest BCUT2D eigenvalue weighted by Gasteiger charge is 2.36. The maximum absolute atomic E-state index is 12.7. The van der Waals surface area contributed by atoms with Gasteiger partial charge in [-0.25, -0.2) is 8.78 Å². The lowest BCUT2D eigenvalue weighted by molar-refractivity contribution is -0.139. The van der Waals surface area contributed by atoms with Crippen LogP contribution < -0.4 is 5.43 Å². The fourth-order valence-electron chi connectivity index (χ4n) is 1.39. The third-order valence-electron chi connectivity index (χ3n) is 2.28. The maximum atomic E-state index is 12.7. The van der Waals surface area contributed by atoms with Crippen LogP contribution in [0.25, 0.3) is 0 Å². The Morgan fingerprint density at radius 2 is 2.00 bits per heavy atom. The highest BCUT2D eigenvalue weighted by Crippen LogP contribution is 2.28. The average molecular weight is 285 g/mol. The molecule has 0 unspecified atom stereocenters. The fraction of sp³-hybridized carbons (Fsp3) is 0.400. The molecule has 9 heteroatoms. The largest absolute Gasteiger partial charge is 0.469 e. The second-order valence-electron chi connectivity index (χ2n) is 3.48. The van der Waals surface area contributed by atoms with Gasteiger partial charge in [-0.1, -0.05) is 0 Å². The number of nitrogens with one attached hydrogen (secondary N) is 1. The Hall–Kier alpha value is -1.93. The third kappa shape index (κ3) is 3.30. The van der Waals surface area contributed by atoms with Gasteiger partial charge in [0.05, 0.1) is 19.1 Å². The lowest BCUT2D eigenvalue weighted by Gasteiger charge is -2.11. The van der Waals surface area contributed by atoms with E-state index in [-0.39, 0.29) is 6.20 Å². The first-order valence-corrected chi connectivity index (χ1v) is 4.85. The second kappa shape index (κ2) is 5.37. The van der Waals surface area contributed by atoms with Crippen molar-refractivity contribution < 1.29 is 31.5 Å². The molecule has 1 N–H and O–H groups in total. The minimum Gasteiger partial charge on any atom is -0.469 e. The zero-order chi connectivity index (χ0) is 14.8. The predicted molar refractivity (Wildman–Crippen MR) is 52.7 cm³/mol. The van der Waals surface area contributed by atoms with Crippen LogP contribution in [0.3, 0.4) is 0 Å². The van der Waals surface area contributed by atoms with Crippen molar-refractivity contribution in [2.45, 2.75) is 19.0 Å². The van der Waals surface area contributed by atoms with Gasteiger partial charge in [-0.3, -0.25) is 9.59 Å². The number of alkyl halides is 5. The van der Waals surface area contributed by atoms with Gasteiger partial charge in [0.1, 0.15) is 5.56 Å². The molecule has 0 spiro atoms. The Morgan fingerprint density at radius 3 is 2.42 bits per heavy atom. The van der Waals surface area contributed by atoms with Crippen molar-refractivity contribution >= 4 is 5.97 Å². The van der Waals surface area contributed by atoms with Crippen molar-refractivity contribution in [1.82, 2.24) is 4.98 Å². The first kappa shape index (κ1) is 15.1. The van der Waals surface area contributed by atoms with Crippen LogP contribution in [0.5, 0.6) is 0 Å². The summed E-state index contributed by atoms with van der Waals surface area (Å²) in [6.07, 6.45) is -8.98. The molecule has 0 aromatic carbocycles. The highest BCUT2D eigenvalue weighted by atomic mass is 19.4. The minimum atomic E-state index is -5.05. The Labute approximate surface area is 103 Å². The molecule has 1 rings (SSSR count). The Bertz CT molecular complexity index is 535. The van der Waals surface area contributed by atoms with Crippen molar-refractivity contribution in [2.75, 3.05) is 7.11 Å². The van der Waals surface area contributed by atoms with Gasteiger partial charge in [-0.15, -0.1) is 0 Å². The number of aromatic nitrogens is 1. The van der Waals surface area contributed by atoms with Gasteiger partial charge in [0, 0.05) is 11.9 Å². The van der Waals surface area contributed by atoms with Crippen LogP contribution in [-0.4, -0.2) is 18.1 Å². The number of carbonyl (C=O) groups is 1. The van der Waals surface area contributed by atoms with Gasteiger partial charge in [-0.2, -0.15) is 13.2 Å². The minimum absolute atomic E-state index is 0.256. The van der Waals surface area contributed by atoms with E-state index in [1.54, 1.807) is 0 Å². The van der Waals surface area contributed by atoms with E-state index in [4.69, 9.17) is 0 Å². The topological polar surface area (TPSA) is 59.2 Å². The Balaban J connectivity index is 3.41. The zero-order valence-electron chi connectivity index (χ0n) is 9.48. The SMILES string of the molecule is COC(=O)Cc1[nH]cc(C(F)(F)F)c(=O)c1C(F)F. The van der Waals surface area contributed by atoms with Crippen LogP contribution in [0.4, 0.5) is 22.0 Å². The molecule has 0 fully saturated rings. The lowest BCUT2D eigenvalue weighted by atomic mass is 10.1. The summed E-state index contributed by atoms with van der Waals surface area (Å²) in [5, 5.41) is 0. The van der Waals surface area contributed by atoms with E-state index in [9.17, 15) is 31.5 Å². The van der Waals surface area contributed by atoms with Crippen LogP contribution in [0.15, 0.2) is 11.0 Å². The first-order chi connectivity index (χ1) is 8.68. The summed E-state index contributed by atoms with van der Waals surface area (Å²) in [5.41, 5.74) is -5.56. The van der Waals surface area contributed by atoms with E-state index < -0.39 is 47.2 Å². The smallest absolute Gasteiger partial charge is 0.421 e. The summed E-state index contributed by atoms with van der Waals surface area (Å²) in [6, 6.07) is 0. The molecule has 0 radical (unpaired) electrons. The van der Waals surface area contributed by atoms with Crippen molar-refractivity contribution in [3.8, 4) is 0 Å². The van der Waals surface area contributed by atoms with Gasteiger partial charge in [0.2, 0.25) is 5.43 Å². The molecule has 0 aliphatic rings. The second-order valence-corrected chi connectivity index (χ2v) is 3.48. The molecule has 0 aliphatic carbocycles. The number of H-pyrrole nitrogens is 1. The molecule has 106 valence electrons. The molecule has 1 aromatic rings. The predicted octanol–water partition coefficient (Wildman–Crippen LogP) is 2.05. The van der Waals surface area contributed by atoms with Gasteiger partial charge in [0.25, 0.3) is 6.43 Å². The van der Waals surface area contributed by atoms with Crippen LogP contribution in [0.1, 0.15) is 23.2 Å². The molecule has 0 saturated carbocycles. The number of halogens is 5. The van der Waals surface area contributed by atoms with E-state index in [0.717, 1.165) is 7.11 Å². The van der Waals surface area contributed by atoms with E-state index >= 15 is 0 Å². The van der Waals surface area contributed by atoms with Crippen LogP contribution in [-0.2, 0) is 22.1 Å². The molecule has 0 amide bonds. The molecule has 1 heterocycles. The lowest BCUT2D eigenvalue weighted by Crippen LogP contribution is -2.26. The Morgan fingerprint density at radius 1 is 1.42 bits per heavy atom. The summed E-state index contributed by atoms with van der Waals surface area (Å²) in [5.74, 6) is -0.961. The number of rotatable bonds is 3. The summed E-state index contributed by atoms with van der Waals surface area (Å²) >= 11 is 0. The third-order valence-corrected chi connectivity index (χ3v) is 2.28. The number of hydrogen-bond donors (Lipinski definition) is 1. The van der Waals surface area contributed by atoms with Crippen molar-refractivity contribution in [3.63, 3.8) is 0 Å². The molecule has 4 nitrogen and oxygen atoms in total. The van der Waals surface area contributed by atoms with Crippen LogP contribution in [0.2, 0.25) is 0 Å². The molecule has 0 atom stereocenters. The summed E-state index contributed by atoms with van der Waals surface area (Å²) in [7, 11) is 0.979. The van der Waals surface area contributed by atoms with Gasteiger partial charge in [-0.05, 0) is 0 Å². The Kier molecular flexibility index (Phi) is 4.28. The first-order valence-electron chi connectivity index (χ1n) is 4.85. The van der Waals surface area contributed by atoms with E-state index in [2.05, 4.69) is 4.74 Å². The highest BCUT2D eigenvalue weighted by molar-refractivity contribution is 5.72. The zero-order valence-corrected chi connectivity index (χ0v) is 9.48. The molecule has 0 saturated heterocycles. The monoisotopic (exact) mass is 285 g/mol. The van der Waals surface area contributed by atoms with Gasteiger partial charge in [0.15, 0.2) is 0 Å². The van der Waals surface area contributed by atoms with Crippen molar-refractivity contribution in [1.29, 1.82) is 0 Å². The normalized spacial score (nSPS) is 11.7. The summed E-state index contributed by atoms with van der Waals surface area (Å²) in [6.45, 7) is 0. The van der Waals surface area contributed by atoms with Gasteiger partial charge >= 0.3 is 12.1 Å². The van der Waals surface area contributed by atoms with Crippen LogP contribution in [0, 0.1) is 0 Å². The van der Waals surface area contributed by atoms with Crippen molar-refractivity contribution in [3.05, 3.63) is 33.2 Å². The number of methoxy groups -OCH3 is 1. The number of carbonyl (C=O) groups excluding carboxylic acids is 1. The molecule has 0 bridgehead atoms. The average Bonchev–Trinajstić information content (AvgIpc) is 2.26. The van der Waals surface area contributed by atoms with E-state index in [0.29, 0.717) is 0 Å². The summed E-state index contributed by atoms with van der Waals surface area (Å²) < 4.78 is 66.7. The number of hydrogen-bond acceptors (Lipinski definition) is 3.